The van der Waals surface area contributed by atoms with Gasteiger partial charge in [-0.1, -0.05) is 26.0 Å². The van der Waals surface area contributed by atoms with Crippen LogP contribution in [-0.2, 0) is 16.1 Å². The highest BCUT2D eigenvalue weighted by molar-refractivity contribution is 6.01. The standard InChI is InChI=1S/C21H25N3O4/c1-13(2)9-15-10-14(7-8-27-15)23-18(25)11-24-12-22-19-16-5-3-4-6-17(16)28-20(19)21(24)26/h3-6,12-15H,7-11H2,1-2H3,(H,23,25)/t14-,15-/m1/s1. The maximum absolute atomic E-state index is 12.7. The Morgan fingerprint density at radius 3 is 3.00 bits per heavy atom. The average Bonchev–Trinajstić information content (AvgIpc) is 3.03. The third-order valence-electron chi connectivity index (χ3n) is 5.13. The van der Waals surface area contributed by atoms with Crippen LogP contribution in [0.15, 0.2) is 39.8 Å². The molecule has 1 aromatic carbocycles. The maximum atomic E-state index is 12.7. The number of carbonyl (C=O) groups is 1. The largest absolute Gasteiger partial charge is 0.448 e. The Labute approximate surface area is 162 Å². The summed E-state index contributed by atoms with van der Waals surface area (Å²) in [6, 6.07) is 7.45. The van der Waals surface area contributed by atoms with Gasteiger partial charge in [0.05, 0.1) is 12.4 Å². The number of hydrogen-bond donors (Lipinski definition) is 1. The molecular formula is C21H25N3O4. The summed E-state index contributed by atoms with van der Waals surface area (Å²) in [5.74, 6) is 0.356. The van der Waals surface area contributed by atoms with Crippen LogP contribution < -0.4 is 10.9 Å². The molecule has 7 nitrogen and oxygen atoms in total. The second kappa shape index (κ2) is 7.75. The number of ether oxygens (including phenoxy) is 1. The fourth-order valence-corrected chi connectivity index (χ4v) is 3.86. The number of fused-ring (bicyclic) bond motifs is 3. The second-order valence-corrected chi connectivity index (χ2v) is 7.86. The van der Waals surface area contributed by atoms with E-state index in [1.54, 1.807) is 6.07 Å². The number of nitrogens with one attached hydrogen (secondary N) is 1. The van der Waals surface area contributed by atoms with Gasteiger partial charge in [-0.2, -0.15) is 0 Å². The van der Waals surface area contributed by atoms with E-state index in [1.165, 1.54) is 10.9 Å². The van der Waals surface area contributed by atoms with Gasteiger partial charge in [0, 0.05) is 18.0 Å². The van der Waals surface area contributed by atoms with Gasteiger partial charge in [-0.15, -0.1) is 0 Å². The molecule has 0 radical (unpaired) electrons. The fourth-order valence-electron chi connectivity index (χ4n) is 3.86. The molecule has 0 unspecified atom stereocenters. The zero-order valence-corrected chi connectivity index (χ0v) is 16.2. The summed E-state index contributed by atoms with van der Waals surface area (Å²) in [7, 11) is 0. The van der Waals surface area contributed by atoms with Crippen LogP contribution in [0.5, 0.6) is 0 Å². The summed E-state index contributed by atoms with van der Waals surface area (Å²) < 4.78 is 12.7. The van der Waals surface area contributed by atoms with E-state index in [1.807, 2.05) is 18.2 Å². The predicted molar refractivity (Wildman–Crippen MR) is 106 cm³/mol. The summed E-state index contributed by atoms with van der Waals surface area (Å²) in [6.07, 6.45) is 4.17. The van der Waals surface area contributed by atoms with E-state index >= 15 is 0 Å². The van der Waals surface area contributed by atoms with E-state index in [9.17, 15) is 9.59 Å². The van der Waals surface area contributed by atoms with Crippen molar-refractivity contribution in [3.8, 4) is 0 Å². The van der Waals surface area contributed by atoms with Gasteiger partial charge in [0.1, 0.15) is 17.6 Å². The Balaban J connectivity index is 1.47. The van der Waals surface area contributed by atoms with Crippen LogP contribution in [0.2, 0.25) is 0 Å². The number of rotatable bonds is 5. The van der Waals surface area contributed by atoms with Gasteiger partial charge >= 0.3 is 0 Å². The molecule has 7 heteroatoms. The molecule has 3 heterocycles. The number of benzene rings is 1. The normalized spacial score (nSPS) is 20.1. The summed E-state index contributed by atoms with van der Waals surface area (Å²) in [6.45, 7) is 4.90. The van der Waals surface area contributed by atoms with Gasteiger partial charge in [0.25, 0.3) is 5.56 Å². The van der Waals surface area contributed by atoms with Gasteiger partial charge < -0.3 is 14.5 Å². The van der Waals surface area contributed by atoms with Crippen LogP contribution >= 0.6 is 0 Å². The summed E-state index contributed by atoms with van der Waals surface area (Å²) in [5.41, 5.74) is 0.974. The van der Waals surface area contributed by atoms with Crippen molar-refractivity contribution in [2.75, 3.05) is 6.61 Å². The number of para-hydroxylation sites is 1. The highest BCUT2D eigenvalue weighted by Crippen LogP contribution is 2.24. The van der Waals surface area contributed by atoms with Crippen molar-refractivity contribution in [2.45, 2.75) is 51.8 Å². The minimum absolute atomic E-state index is 0.0728. The molecule has 2 aromatic heterocycles. The van der Waals surface area contributed by atoms with Crippen molar-refractivity contribution < 1.29 is 13.9 Å². The molecule has 1 aliphatic heterocycles. The lowest BCUT2D eigenvalue weighted by Gasteiger charge is -2.31. The van der Waals surface area contributed by atoms with Gasteiger partial charge in [-0.25, -0.2) is 4.98 Å². The van der Waals surface area contributed by atoms with Crippen molar-refractivity contribution in [3.63, 3.8) is 0 Å². The van der Waals surface area contributed by atoms with E-state index in [4.69, 9.17) is 9.15 Å². The molecule has 1 saturated heterocycles. The quantitative estimate of drug-likeness (QED) is 0.732. The lowest BCUT2D eigenvalue weighted by atomic mass is 9.96. The molecule has 3 aromatic rings. The zero-order valence-electron chi connectivity index (χ0n) is 16.2. The first kappa shape index (κ1) is 18.7. The lowest BCUT2D eigenvalue weighted by molar-refractivity contribution is -0.123. The number of aromatic nitrogens is 2. The maximum Gasteiger partial charge on any atom is 0.297 e. The van der Waals surface area contributed by atoms with Crippen molar-refractivity contribution in [1.82, 2.24) is 14.9 Å². The van der Waals surface area contributed by atoms with Gasteiger partial charge in [0.15, 0.2) is 0 Å². The summed E-state index contributed by atoms with van der Waals surface area (Å²) >= 11 is 0. The lowest BCUT2D eigenvalue weighted by Crippen LogP contribution is -2.44. The molecule has 28 heavy (non-hydrogen) atoms. The Morgan fingerprint density at radius 1 is 1.36 bits per heavy atom. The smallest absolute Gasteiger partial charge is 0.297 e. The predicted octanol–water partition coefficient (Wildman–Crippen LogP) is 2.85. The molecule has 0 aliphatic carbocycles. The summed E-state index contributed by atoms with van der Waals surface area (Å²) in [5, 5.41) is 3.83. The number of carbonyl (C=O) groups excluding carboxylic acids is 1. The first-order valence-electron chi connectivity index (χ1n) is 9.79. The van der Waals surface area contributed by atoms with E-state index in [-0.39, 0.29) is 35.7 Å². The monoisotopic (exact) mass is 383 g/mol. The molecule has 0 spiro atoms. The van der Waals surface area contributed by atoms with Crippen molar-refractivity contribution in [1.29, 1.82) is 0 Å². The van der Waals surface area contributed by atoms with Crippen LogP contribution in [0.3, 0.4) is 0 Å². The average molecular weight is 383 g/mol. The first-order chi connectivity index (χ1) is 13.5. The van der Waals surface area contributed by atoms with Gasteiger partial charge in [-0.05, 0) is 37.3 Å². The van der Waals surface area contributed by atoms with Gasteiger partial charge in [-0.3, -0.25) is 14.2 Å². The second-order valence-electron chi connectivity index (χ2n) is 7.86. The Morgan fingerprint density at radius 2 is 2.18 bits per heavy atom. The van der Waals surface area contributed by atoms with Crippen molar-refractivity contribution in [3.05, 3.63) is 40.9 Å². The topological polar surface area (TPSA) is 86.4 Å². The number of furan rings is 1. The van der Waals surface area contributed by atoms with Crippen LogP contribution in [0.1, 0.15) is 33.1 Å². The number of hydrogen-bond acceptors (Lipinski definition) is 5. The third-order valence-corrected chi connectivity index (χ3v) is 5.13. The molecule has 0 saturated carbocycles. The fraction of sp³-hybridized carbons (Fsp3) is 0.476. The minimum atomic E-state index is -0.346. The minimum Gasteiger partial charge on any atom is -0.448 e. The van der Waals surface area contributed by atoms with Gasteiger partial charge in [0.2, 0.25) is 11.5 Å². The number of nitrogens with zero attached hydrogens (tertiary/aromatic N) is 2. The molecule has 1 aliphatic rings. The van der Waals surface area contributed by atoms with Crippen LogP contribution in [-0.4, -0.2) is 34.2 Å². The molecular weight excluding hydrogens is 358 g/mol. The Kier molecular flexibility index (Phi) is 5.17. The van der Waals surface area contributed by atoms with E-state index < -0.39 is 0 Å². The SMILES string of the molecule is CC(C)C[C@@H]1C[C@H](NC(=O)Cn2cnc3c(oc4ccccc43)c2=O)CCO1. The van der Waals surface area contributed by atoms with Crippen LogP contribution in [0.4, 0.5) is 0 Å². The van der Waals surface area contributed by atoms with E-state index in [0.717, 1.165) is 24.6 Å². The molecule has 148 valence electrons. The number of amides is 1. The molecule has 2 atom stereocenters. The Hall–Kier alpha value is -2.67. The molecule has 1 N–H and O–H groups in total. The Bertz CT molecular complexity index is 1050. The molecule has 0 bridgehead atoms. The van der Waals surface area contributed by atoms with Crippen LogP contribution in [0.25, 0.3) is 22.1 Å². The van der Waals surface area contributed by atoms with E-state index in [0.29, 0.717) is 23.6 Å². The highest BCUT2D eigenvalue weighted by atomic mass is 16.5. The molecule has 4 rings (SSSR count). The third kappa shape index (κ3) is 3.80. The van der Waals surface area contributed by atoms with Crippen molar-refractivity contribution in [2.24, 2.45) is 5.92 Å². The molecule has 1 fully saturated rings. The first-order valence-corrected chi connectivity index (χ1v) is 9.79. The van der Waals surface area contributed by atoms with Crippen molar-refractivity contribution >= 4 is 28.0 Å². The summed E-state index contributed by atoms with van der Waals surface area (Å²) in [4.78, 5) is 29.6. The highest BCUT2D eigenvalue weighted by Gasteiger charge is 2.25. The van der Waals surface area contributed by atoms with E-state index in [2.05, 4.69) is 24.1 Å². The zero-order chi connectivity index (χ0) is 19.7. The molecule has 1 amide bonds. The van der Waals surface area contributed by atoms with Crippen LogP contribution in [0, 0.1) is 5.92 Å².